The average Bonchev–Trinajstić information content (AvgIpc) is 3.00. The second kappa shape index (κ2) is 6.14. The summed E-state index contributed by atoms with van der Waals surface area (Å²) in [4.78, 5) is 4.59. The average molecular weight is 267 g/mol. The number of anilines is 1. The number of para-hydroxylation sites is 1. The molecule has 3 rings (SSSR count). The summed E-state index contributed by atoms with van der Waals surface area (Å²) in [6, 6.07) is 12.3. The van der Waals surface area contributed by atoms with Crippen LogP contribution in [0.4, 0.5) is 5.82 Å². The molecule has 0 saturated carbocycles. The summed E-state index contributed by atoms with van der Waals surface area (Å²) in [5.41, 5.74) is 1.03. The molecule has 0 aliphatic heterocycles. The van der Waals surface area contributed by atoms with Gasteiger partial charge in [0.15, 0.2) is 0 Å². The molecule has 0 aliphatic carbocycles. The first-order chi connectivity index (χ1) is 9.92. The van der Waals surface area contributed by atoms with Crippen LogP contribution in [0.1, 0.15) is 12.8 Å². The third-order valence-corrected chi connectivity index (χ3v) is 3.21. The zero-order valence-corrected chi connectivity index (χ0v) is 11.2. The second-order valence-electron chi connectivity index (χ2n) is 4.72. The number of fused-ring (bicyclic) bond motifs is 1. The highest BCUT2D eigenvalue weighted by atomic mass is 15.2. The maximum absolute atomic E-state index is 4.59. The van der Waals surface area contributed by atoms with Crippen LogP contribution in [0.3, 0.4) is 0 Å². The highest BCUT2D eigenvalue weighted by molar-refractivity contribution is 5.79. The first-order valence-electron chi connectivity index (χ1n) is 6.84. The Morgan fingerprint density at radius 3 is 2.70 bits per heavy atom. The maximum atomic E-state index is 4.59. The smallest absolute Gasteiger partial charge is 0.126 e. The molecular formula is C15H17N5. The summed E-state index contributed by atoms with van der Waals surface area (Å²) in [7, 11) is 0. The maximum Gasteiger partial charge on any atom is 0.126 e. The lowest BCUT2D eigenvalue weighted by Crippen LogP contribution is -2.05. The van der Waals surface area contributed by atoms with Crippen LogP contribution in [0.2, 0.25) is 0 Å². The van der Waals surface area contributed by atoms with Gasteiger partial charge in [-0.15, -0.1) is 10.2 Å². The van der Waals surface area contributed by atoms with Gasteiger partial charge < -0.3 is 9.88 Å². The Kier molecular flexibility index (Phi) is 3.87. The van der Waals surface area contributed by atoms with Gasteiger partial charge in [-0.3, -0.25) is 0 Å². The highest BCUT2D eigenvalue weighted by Gasteiger charge is 1.97. The molecule has 0 fully saturated rings. The zero-order chi connectivity index (χ0) is 13.6. The van der Waals surface area contributed by atoms with Crippen LogP contribution in [-0.2, 0) is 6.54 Å². The number of nitrogens with zero attached hydrogens (tertiary/aromatic N) is 4. The van der Waals surface area contributed by atoms with Gasteiger partial charge in [-0.25, -0.2) is 4.98 Å². The van der Waals surface area contributed by atoms with E-state index in [9.17, 15) is 0 Å². The van der Waals surface area contributed by atoms with Crippen molar-refractivity contribution in [3.8, 4) is 0 Å². The van der Waals surface area contributed by atoms with E-state index in [0.29, 0.717) is 0 Å². The van der Waals surface area contributed by atoms with E-state index >= 15 is 0 Å². The number of aromatic nitrogens is 4. The summed E-state index contributed by atoms with van der Waals surface area (Å²) in [5, 5.41) is 12.1. The SMILES string of the molecule is c1ccc2nc(NCCCCn3cnnc3)ccc2c1. The fourth-order valence-electron chi connectivity index (χ4n) is 2.14. The summed E-state index contributed by atoms with van der Waals surface area (Å²) in [6.07, 6.45) is 5.68. The lowest BCUT2D eigenvalue weighted by molar-refractivity contribution is 0.619. The zero-order valence-electron chi connectivity index (χ0n) is 11.2. The molecule has 2 aromatic heterocycles. The van der Waals surface area contributed by atoms with Gasteiger partial charge >= 0.3 is 0 Å². The Balaban J connectivity index is 1.47. The molecule has 1 N–H and O–H groups in total. The van der Waals surface area contributed by atoms with Crippen molar-refractivity contribution in [3.05, 3.63) is 49.1 Å². The van der Waals surface area contributed by atoms with E-state index in [2.05, 4.69) is 32.6 Å². The van der Waals surface area contributed by atoms with Crippen LogP contribution in [-0.4, -0.2) is 26.3 Å². The molecule has 0 bridgehead atoms. The number of benzene rings is 1. The van der Waals surface area contributed by atoms with Gasteiger partial charge in [0.25, 0.3) is 0 Å². The third kappa shape index (κ3) is 3.12. The first kappa shape index (κ1) is 12.6. The normalized spacial score (nSPS) is 10.8. The van der Waals surface area contributed by atoms with E-state index in [1.807, 2.05) is 28.8 Å². The lowest BCUT2D eigenvalue weighted by atomic mass is 10.2. The van der Waals surface area contributed by atoms with Crippen LogP contribution < -0.4 is 5.32 Å². The van der Waals surface area contributed by atoms with Gasteiger partial charge in [0.1, 0.15) is 18.5 Å². The molecule has 102 valence electrons. The number of unbranched alkanes of at least 4 members (excludes halogenated alkanes) is 1. The van der Waals surface area contributed by atoms with E-state index in [4.69, 9.17) is 0 Å². The van der Waals surface area contributed by atoms with Crippen molar-refractivity contribution < 1.29 is 0 Å². The van der Waals surface area contributed by atoms with Crippen molar-refractivity contribution >= 4 is 16.7 Å². The van der Waals surface area contributed by atoms with E-state index in [0.717, 1.165) is 37.3 Å². The standard InChI is InChI=1S/C15H17N5/c1-2-6-14-13(5-1)7-8-15(19-14)16-9-3-4-10-20-11-17-18-12-20/h1-2,5-8,11-12H,3-4,9-10H2,(H,16,19). The molecule has 0 unspecified atom stereocenters. The summed E-state index contributed by atoms with van der Waals surface area (Å²) >= 11 is 0. The quantitative estimate of drug-likeness (QED) is 0.698. The van der Waals surface area contributed by atoms with E-state index in [-0.39, 0.29) is 0 Å². The first-order valence-corrected chi connectivity index (χ1v) is 6.84. The number of pyridine rings is 1. The van der Waals surface area contributed by atoms with E-state index in [1.165, 1.54) is 5.39 Å². The van der Waals surface area contributed by atoms with Crippen molar-refractivity contribution in [2.75, 3.05) is 11.9 Å². The van der Waals surface area contributed by atoms with Crippen LogP contribution in [0.15, 0.2) is 49.1 Å². The van der Waals surface area contributed by atoms with Crippen molar-refractivity contribution in [3.63, 3.8) is 0 Å². The van der Waals surface area contributed by atoms with Gasteiger partial charge in [-0.1, -0.05) is 18.2 Å². The van der Waals surface area contributed by atoms with Crippen molar-refractivity contribution in [2.24, 2.45) is 0 Å². The predicted octanol–water partition coefficient (Wildman–Crippen LogP) is 2.72. The largest absolute Gasteiger partial charge is 0.370 e. The Labute approximate surface area is 117 Å². The fraction of sp³-hybridized carbons (Fsp3) is 0.267. The Hall–Kier alpha value is -2.43. The molecule has 1 aromatic carbocycles. The minimum absolute atomic E-state index is 0.924. The van der Waals surface area contributed by atoms with Crippen molar-refractivity contribution in [1.29, 1.82) is 0 Å². The van der Waals surface area contributed by atoms with Crippen molar-refractivity contribution in [2.45, 2.75) is 19.4 Å². The minimum atomic E-state index is 0.924. The van der Waals surface area contributed by atoms with Crippen LogP contribution in [0.5, 0.6) is 0 Å². The Morgan fingerprint density at radius 1 is 0.950 bits per heavy atom. The third-order valence-electron chi connectivity index (χ3n) is 3.21. The Bertz CT molecular complexity index is 663. The fourth-order valence-corrected chi connectivity index (χ4v) is 2.14. The topological polar surface area (TPSA) is 55.6 Å². The number of aryl methyl sites for hydroxylation is 1. The van der Waals surface area contributed by atoms with E-state index in [1.54, 1.807) is 12.7 Å². The van der Waals surface area contributed by atoms with Crippen molar-refractivity contribution in [1.82, 2.24) is 19.7 Å². The Morgan fingerprint density at radius 2 is 1.80 bits per heavy atom. The summed E-state index contributed by atoms with van der Waals surface area (Å²) in [6.45, 7) is 1.88. The van der Waals surface area contributed by atoms with Gasteiger partial charge in [0.2, 0.25) is 0 Å². The van der Waals surface area contributed by atoms with Gasteiger partial charge in [-0.2, -0.15) is 0 Å². The van der Waals surface area contributed by atoms with Gasteiger partial charge in [0, 0.05) is 18.5 Å². The monoisotopic (exact) mass is 267 g/mol. The number of nitrogens with one attached hydrogen (secondary N) is 1. The molecule has 0 radical (unpaired) electrons. The number of hydrogen-bond acceptors (Lipinski definition) is 4. The second-order valence-corrected chi connectivity index (χ2v) is 4.72. The number of rotatable bonds is 6. The molecule has 20 heavy (non-hydrogen) atoms. The molecule has 3 aromatic rings. The van der Waals surface area contributed by atoms with E-state index < -0.39 is 0 Å². The highest BCUT2D eigenvalue weighted by Crippen LogP contribution is 2.14. The lowest BCUT2D eigenvalue weighted by Gasteiger charge is -2.06. The molecule has 5 nitrogen and oxygen atoms in total. The number of hydrogen-bond donors (Lipinski definition) is 1. The molecule has 0 amide bonds. The molecule has 5 heteroatoms. The molecule has 0 spiro atoms. The van der Waals surface area contributed by atoms with Crippen LogP contribution in [0, 0.1) is 0 Å². The molecule has 0 atom stereocenters. The molecule has 2 heterocycles. The minimum Gasteiger partial charge on any atom is -0.370 e. The summed E-state index contributed by atoms with van der Waals surface area (Å²) in [5.74, 6) is 0.938. The molecular weight excluding hydrogens is 250 g/mol. The van der Waals surface area contributed by atoms with Crippen LogP contribution >= 0.6 is 0 Å². The summed E-state index contributed by atoms with van der Waals surface area (Å²) < 4.78 is 1.99. The predicted molar refractivity (Wildman–Crippen MR) is 79.5 cm³/mol. The molecule has 0 aliphatic rings. The molecule has 0 saturated heterocycles. The van der Waals surface area contributed by atoms with Crippen LogP contribution in [0.25, 0.3) is 10.9 Å². The van der Waals surface area contributed by atoms with Gasteiger partial charge in [0.05, 0.1) is 5.52 Å². The van der Waals surface area contributed by atoms with Gasteiger partial charge in [-0.05, 0) is 31.0 Å².